The van der Waals surface area contributed by atoms with E-state index in [1.807, 2.05) is 0 Å². The molecular weight excluding hydrogens is 276 g/mol. The number of allylic oxidation sites excluding steroid dienone is 1. The molecule has 0 nitrogen and oxygen atoms in total. The molecule has 0 aromatic heterocycles. The average Bonchev–Trinajstić information content (AvgIpc) is 2.70. The summed E-state index contributed by atoms with van der Waals surface area (Å²) in [4.78, 5) is 0. The predicted molar refractivity (Wildman–Crippen MR) is 94.3 cm³/mol. The zero-order valence-corrected chi connectivity index (χ0v) is 14.2. The third-order valence-electron chi connectivity index (χ3n) is 4.76. The standard InChI is InChI=1S/C20H29Cl/c1-3-4-5-8-11-18-15-17(13-14-20(18)21)19-12-9-6-7-10-16(19)2/h13-15,19H,2-12H2,1H3. The summed E-state index contributed by atoms with van der Waals surface area (Å²) in [6, 6.07) is 6.68. The maximum absolute atomic E-state index is 6.39. The maximum atomic E-state index is 6.39. The van der Waals surface area contributed by atoms with E-state index < -0.39 is 0 Å². The molecule has 21 heavy (non-hydrogen) atoms. The van der Waals surface area contributed by atoms with Crippen molar-refractivity contribution in [1.82, 2.24) is 0 Å². The molecule has 0 amide bonds. The summed E-state index contributed by atoms with van der Waals surface area (Å²) in [7, 11) is 0. The Bertz CT molecular complexity index is 461. The van der Waals surface area contributed by atoms with Crippen LogP contribution in [0.3, 0.4) is 0 Å². The normalized spacial score (nSPS) is 19.5. The zero-order valence-electron chi connectivity index (χ0n) is 13.5. The molecule has 2 rings (SSSR count). The third-order valence-corrected chi connectivity index (χ3v) is 5.12. The molecule has 1 heteroatoms. The molecule has 0 spiro atoms. The maximum Gasteiger partial charge on any atom is 0.0438 e. The SMILES string of the molecule is C=C1CCCCCC1c1ccc(Cl)c(CCCCCC)c1. The molecule has 0 saturated heterocycles. The average molecular weight is 305 g/mol. The third kappa shape index (κ3) is 4.88. The van der Waals surface area contributed by atoms with Crippen LogP contribution in [0, 0.1) is 0 Å². The molecule has 1 saturated carbocycles. The van der Waals surface area contributed by atoms with Crippen LogP contribution in [-0.4, -0.2) is 0 Å². The van der Waals surface area contributed by atoms with Crippen LogP contribution in [0.1, 0.15) is 81.8 Å². The summed E-state index contributed by atoms with van der Waals surface area (Å²) in [5.74, 6) is 0.555. The van der Waals surface area contributed by atoms with Gasteiger partial charge in [0.25, 0.3) is 0 Å². The Morgan fingerprint density at radius 3 is 2.81 bits per heavy atom. The fourth-order valence-electron chi connectivity index (χ4n) is 3.40. The van der Waals surface area contributed by atoms with E-state index in [1.54, 1.807) is 0 Å². The van der Waals surface area contributed by atoms with Crippen molar-refractivity contribution in [3.05, 3.63) is 46.5 Å². The lowest BCUT2D eigenvalue weighted by molar-refractivity contribution is 0.657. The van der Waals surface area contributed by atoms with E-state index in [-0.39, 0.29) is 0 Å². The molecule has 1 aliphatic rings. The number of unbranched alkanes of at least 4 members (excludes halogenated alkanes) is 3. The van der Waals surface area contributed by atoms with E-state index in [0.29, 0.717) is 5.92 Å². The van der Waals surface area contributed by atoms with Gasteiger partial charge in [-0.05, 0) is 49.3 Å². The number of hydrogen-bond donors (Lipinski definition) is 0. The first kappa shape index (κ1) is 16.6. The molecule has 1 aliphatic carbocycles. The van der Waals surface area contributed by atoms with Crippen molar-refractivity contribution >= 4 is 11.6 Å². The quantitative estimate of drug-likeness (QED) is 0.299. The lowest BCUT2D eigenvalue weighted by atomic mass is 9.87. The summed E-state index contributed by atoms with van der Waals surface area (Å²) in [5.41, 5.74) is 4.20. The van der Waals surface area contributed by atoms with Crippen LogP contribution < -0.4 is 0 Å². The van der Waals surface area contributed by atoms with Gasteiger partial charge >= 0.3 is 0 Å². The molecule has 0 radical (unpaired) electrons. The highest BCUT2D eigenvalue weighted by molar-refractivity contribution is 6.31. The van der Waals surface area contributed by atoms with E-state index in [9.17, 15) is 0 Å². The second-order valence-electron chi connectivity index (χ2n) is 6.47. The number of halogens is 1. The molecule has 0 N–H and O–H groups in total. The number of hydrogen-bond acceptors (Lipinski definition) is 0. The van der Waals surface area contributed by atoms with Gasteiger partial charge in [0.15, 0.2) is 0 Å². The zero-order chi connectivity index (χ0) is 15.1. The van der Waals surface area contributed by atoms with E-state index in [2.05, 4.69) is 31.7 Å². The summed E-state index contributed by atoms with van der Waals surface area (Å²) < 4.78 is 0. The van der Waals surface area contributed by atoms with Gasteiger partial charge < -0.3 is 0 Å². The van der Waals surface area contributed by atoms with Crippen LogP contribution in [0.15, 0.2) is 30.4 Å². The molecule has 1 unspecified atom stereocenters. The predicted octanol–water partition coefficient (Wildman–Crippen LogP) is 7.07. The Labute approximate surface area is 135 Å². The smallest absolute Gasteiger partial charge is 0.0438 e. The lowest BCUT2D eigenvalue weighted by Crippen LogP contribution is -2.01. The minimum Gasteiger partial charge on any atom is -0.0992 e. The Balaban J connectivity index is 2.07. The van der Waals surface area contributed by atoms with Gasteiger partial charge in [0, 0.05) is 10.9 Å². The van der Waals surface area contributed by atoms with Crippen LogP contribution in [0.5, 0.6) is 0 Å². The summed E-state index contributed by atoms with van der Waals surface area (Å²) in [5, 5.41) is 0.939. The molecule has 0 bridgehead atoms. The van der Waals surface area contributed by atoms with Crippen molar-refractivity contribution in [3.8, 4) is 0 Å². The van der Waals surface area contributed by atoms with E-state index in [4.69, 9.17) is 11.6 Å². The van der Waals surface area contributed by atoms with Crippen molar-refractivity contribution in [2.24, 2.45) is 0 Å². The Kier molecular flexibility index (Phi) is 6.83. The molecule has 0 heterocycles. The summed E-state index contributed by atoms with van der Waals surface area (Å²) in [6.07, 6.45) is 12.8. The van der Waals surface area contributed by atoms with Crippen molar-refractivity contribution in [2.75, 3.05) is 0 Å². The Morgan fingerprint density at radius 1 is 1.14 bits per heavy atom. The number of aryl methyl sites for hydroxylation is 1. The number of rotatable bonds is 6. The molecule has 1 aromatic rings. The van der Waals surface area contributed by atoms with Crippen LogP contribution in [0.25, 0.3) is 0 Å². The molecule has 1 atom stereocenters. The number of benzene rings is 1. The highest BCUT2D eigenvalue weighted by Gasteiger charge is 2.18. The fourth-order valence-corrected chi connectivity index (χ4v) is 3.62. The van der Waals surface area contributed by atoms with Crippen LogP contribution >= 0.6 is 11.6 Å². The Hall–Kier alpha value is -0.750. The first-order valence-electron chi connectivity index (χ1n) is 8.68. The van der Waals surface area contributed by atoms with Crippen LogP contribution in [0.2, 0.25) is 5.02 Å². The first-order valence-corrected chi connectivity index (χ1v) is 9.06. The molecule has 1 fully saturated rings. The van der Waals surface area contributed by atoms with Gasteiger partial charge in [-0.3, -0.25) is 0 Å². The largest absolute Gasteiger partial charge is 0.0992 e. The molecule has 1 aromatic carbocycles. The van der Waals surface area contributed by atoms with Gasteiger partial charge in [-0.1, -0.05) is 74.9 Å². The minimum atomic E-state index is 0.555. The van der Waals surface area contributed by atoms with Crippen LogP contribution in [-0.2, 0) is 6.42 Å². The second-order valence-corrected chi connectivity index (χ2v) is 6.88. The van der Waals surface area contributed by atoms with Crippen molar-refractivity contribution in [1.29, 1.82) is 0 Å². The fraction of sp³-hybridized carbons (Fsp3) is 0.600. The highest BCUT2D eigenvalue weighted by Crippen LogP contribution is 2.36. The van der Waals surface area contributed by atoms with Gasteiger partial charge in [0.2, 0.25) is 0 Å². The van der Waals surface area contributed by atoms with Gasteiger partial charge in [-0.2, -0.15) is 0 Å². The molecule has 0 aliphatic heterocycles. The van der Waals surface area contributed by atoms with E-state index in [1.165, 1.54) is 74.5 Å². The summed E-state index contributed by atoms with van der Waals surface area (Å²) in [6.45, 7) is 6.59. The van der Waals surface area contributed by atoms with Crippen LogP contribution in [0.4, 0.5) is 0 Å². The van der Waals surface area contributed by atoms with Gasteiger partial charge in [0.1, 0.15) is 0 Å². The van der Waals surface area contributed by atoms with Gasteiger partial charge in [-0.25, -0.2) is 0 Å². The molecule has 116 valence electrons. The van der Waals surface area contributed by atoms with E-state index in [0.717, 1.165) is 11.4 Å². The highest BCUT2D eigenvalue weighted by atomic mass is 35.5. The second kappa shape index (κ2) is 8.63. The van der Waals surface area contributed by atoms with E-state index >= 15 is 0 Å². The minimum absolute atomic E-state index is 0.555. The molecular formula is C20H29Cl. The monoisotopic (exact) mass is 304 g/mol. The van der Waals surface area contributed by atoms with Gasteiger partial charge in [0.05, 0.1) is 0 Å². The Morgan fingerprint density at radius 2 is 2.00 bits per heavy atom. The van der Waals surface area contributed by atoms with Crippen molar-refractivity contribution in [3.63, 3.8) is 0 Å². The van der Waals surface area contributed by atoms with Crippen molar-refractivity contribution < 1.29 is 0 Å². The van der Waals surface area contributed by atoms with Crippen molar-refractivity contribution in [2.45, 2.75) is 77.0 Å². The lowest BCUT2D eigenvalue weighted by Gasteiger charge is -2.19. The first-order chi connectivity index (χ1) is 10.2. The van der Waals surface area contributed by atoms with Gasteiger partial charge in [-0.15, -0.1) is 0 Å². The topological polar surface area (TPSA) is 0 Å². The summed E-state index contributed by atoms with van der Waals surface area (Å²) >= 11 is 6.39.